The van der Waals surface area contributed by atoms with Gasteiger partial charge in [0.1, 0.15) is 0 Å². The van der Waals surface area contributed by atoms with Gasteiger partial charge in [-0.1, -0.05) is 67.9 Å². The van der Waals surface area contributed by atoms with Gasteiger partial charge in [0.05, 0.1) is 0 Å². The largest absolute Gasteiger partial charge is 0.396 e. The first-order valence-corrected chi connectivity index (χ1v) is 8.03. The van der Waals surface area contributed by atoms with Gasteiger partial charge in [-0.2, -0.15) is 0 Å². The smallest absolute Gasteiger partial charge is 0.0497 e. The summed E-state index contributed by atoms with van der Waals surface area (Å²) in [4.78, 5) is 0. The molecular formula is C20H26O. The first-order valence-electron chi connectivity index (χ1n) is 8.03. The standard InChI is InChI=1S/C20H26O/c1-17(16-21)20-14-12-19(13-15-20)11-7-3-6-10-18-8-4-2-5-9-18/h2,4-5,8-9,12-15,17,21H,3,6-7,10-11,16H2,1H3. The average molecular weight is 282 g/mol. The Morgan fingerprint density at radius 2 is 1.33 bits per heavy atom. The Morgan fingerprint density at radius 1 is 0.762 bits per heavy atom. The van der Waals surface area contributed by atoms with E-state index in [0.29, 0.717) is 0 Å². The summed E-state index contributed by atoms with van der Waals surface area (Å²) in [5.41, 5.74) is 4.08. The number of hydrogen-bond acceptors (Lipinski definition) is 1. The van der Waals surface area contributed by atoms with E-state index in [4.69, 9.17) is 5.11 Å². The molecular weight excluding hydrogens is 256 g/mol. The molecule has 0 saturated heterocycles. The van der Waals surface area contributed by atoms with Crippen molar-refractivity contribution in [1.82, 2.24) is 0 Å². The van der Waals surface area contributed by atoms with Gasteiger partial charge < -0.3 is 5.11 Å². The van der Waals surface area contributed by atoms with E-state index >= 15 is 0 Å². The van der Waals surface area contributed by atoms with E-state index in [1.807, 2.05) is 0 Å². The Hall–Kier alpha value is -1.60. The lowest BCUT2D eigenvalue weighted by Crippen LogP contribution is -1.98. The molecule has 112 valence electrons. The minimum absolute atomic E-state index is 0.221. The van der Waals surface area contributed by atoms with Crippen LogP contribution in [0.15, 0.2) is 54.6 Å². The van der Waals surface area contributed by atoms with Crippen molar-refractivity contribution in [1.29, 1.82) is 0 Å². The predicted molar refractivity (Wildman–Crippen MR) is 89.6 cm³/mol. The number of aryl methyl sites for hydroxylation is 2. The van der Waals surface area contributed by atoms with Crippen LogP contribution in [0.1, 0.15) is 48.8 Å². The highest BCUT2D eigenvalue weighted by molar-refractivity contribution is 5.25. The quantitative estimate of drug-likeness (QED) is 0.693. The van der Waals surface area contributed by atoms with Gasteiger partial charge in [0.2, 0.25) is 0 Å². The molecule has 1 atom stereocenters. The molecule has 0 aliphatic rings. The second kappa shape index (κ2) is 8.63. The maximum absolute atomic E-state index is 9.15. The topological polar surface area (TPSA) is 20.2 Å². The van der Waals surface area contributed by atoms with Gasteiger partial charge in [0, 0.05) is 12.5 Å². The Balaban J connectivity index is 1.67. The lowest BCUT2D eigenvalue weighted by Gasteiger charge is -2.09. The maximum Gasteiger partial charge on any atom is 0.0497 e. The minimum atomic E-state index is 0.221. The van der Waals surface area contributed by atoms with Crippen LogP contribution in [-0.4, -0.2) is 11.7 Å². The summed E-state index contributed by atoms with van der Waals surface area (Å²) >= 11 is 0. The summed E-state index contributed by atoms with van der Waals surface area (Å²) in [5, 5.41) is 9.15. The van der Waals surface area contributed by atoms with Crippen LogP contribution in [0.2, 0.25) is 0 Å². The zero-order valence-corrected chi connectivity index (χ0v) is 13.0. The number of benzene rings is 2. The van der Waals surface area contributed by atoms with Crippen molar-refractivity contribution >= 4 is 0 Å². The number of rotatable bonds is 8. The molecule has 2 aromatic rings. The van der Waals surface area contributed by atoms with Crippen molar-refractivity contribution < 1.29 is 5.11 Å². The van der Waals surface area contributed by atoms with Crippen LogP contribution in [0.3, 0.4) is 0 Å². The highest BCUT2D eigenvalue weighted by atomic mass is 16.3. The monoisotopic (exact) mass is 282 g/mol. The molecule has 0 radical (unpaired) electrons. The van der Waals surface area contributed by atoms with Crippen molar-refractivity contribution in [2.45, 2.75) is 44.9 Å². The lowest BCUT2D eigenvalue weighted by atomic mass is 9.98. The molecule has 2 rings (SSSR count). The first kappa shape index (κ1) is 15.8. The molecule has 0 aliphatic heterocycles. The van der Waals surface area contributed by atoms with Gasteiger partial charge in [0.15, 0.2) is 0 Å². The molecule has 0 aliphatic carbocycles. The molecule has 0 saturated carbocycles. The number of aliphatic hydroxyl groups is 1. The molecule has 1 unspecified atom stereocenters. The van der Waals surface area contributed by atoms with E-state index in [1.165, 1.54) is 42.4 Å². The molecule has 0 fully saturated rings. The fourth-order valence-corrected chi connectivity index (χ4v) is 2.60. The Labute approximate surface area is 128 Å². The third-order valence-corrected chi connectivity index (χ3v) is 4.10. The van der Waals surface area contributed by atoms with E-state index in [-0.39, 0.29) is 12.5 Å². The summed E-state index contributed by atoms with van der Waals surface area (Å²) < 4.78 is 0. The van der Waals surface area contributed by atoms with Crippen molar-refractivity contribution in [3.05, 3.63) is 71.3 Å². The van der Waals surface area contributed by atoms with E-state index in [1.54, 1.807) is 0 Å². The van der Waals surface area contributed by atoms with Crippen molar-refractivity contribution in [3.8, 4) is 0 Å². The normalized spacial score (nSPS) is 12.3. The van der Waals surface area contributed by atoms with Gasteiger partial charge in [-0.15, -0.1) is 0 Å². The highest BCUT2D eigenvalue weighted by Gasteiger charge is 2.03. The fourth-order valence-electron chi connectivity index (χ4n) is 2.60. The third kappa shape index (κ3) is 5.35. The summed E-state index contributed by atoms with van der Waals surface area (Å²) in [7, 11) is 0. The number of aliphatic hydroxyl groups excluding tert-OH is 1. The predicted octanol–water partition coefficient (Wildman–Crippen LogP) is 4.74. The second-order valence-corrected chi connectivity index (χ2v) is 5.87. The average Bonchev–Trinajstić information content (AvgIpc) is 2.55. The van der Waals surface area contributed by atoms with E-state index < -0.39 is 0 Å². The molecule has 1 heteroatoms. The van der Waals surface area contributed by atoms with Crippen LogP contribution in [0.5, 0.6) is 0 Å². The van der Waals surface area contributed by atoms with Crippen molar-refractivity contribution in [2.75, 3.05) is 6.61 Å². The second-order valence-electron chi connectivity index (χ2n) is 5.87. The minimum Gasteiger partial charge on any atom is -0.396 e. The molecule has 0 heterocycles. The molecule has 0 bridgehead atoms. The lowest BCUT2D eigenvalue weighted by molar-refractivity contribution is 0.273. The van der Waals surface area contributed by atoms with Crippen LogP contribution in [0.4, 0.5) is 0 Å². The molecule has 2 aromatic carbocycles. The van der Waals surface area contributed by atoms with Crippen molar-refractivity contribution in [3.63, 3.8) is 0 Å². The third-order valence-electron chi connectivity index (χ3n) is 4.10. The van der Waals surface area contributed by atoms with Gasteiger partial charge >= 0.3 is 0 Å². The summed E-state index contributed by atoms with van der Waals surface area (Å²) in [5.74, 6) is 0.241. The number of unbranched alkanes of at least 4 members (excludes halogenated alkanes) is 2. The number of hydrogen-bond donors (Lipinski definition) is 1. The first-order chi connectivity index (χ1) is 10.3. The molecule has 0 aromatic heterocycles. The van der Waals surface area contributed by atoms with Crippen LogP contribution in [0, 0.1) is 0 Å². The van der Waals surface area contributed by atoms with Crippen molar-refractivity contribution in [2.24, 2.45) is 0 Å². The maximum atomic E-state index is 9.15. The zero-order chi connectivity index (χ0) is 14.9. The van der Waals surface area contributed by atoms with Crippen LogP contribution < -0.4 is 0 Å². The fraction of sp³-hybridized carbons (Fsp3) is 0.400. The molecule has 1 N–H and O–H groups in total. The van der Waals surface area contributed by atoms with E-state index in [2.05, 4.69) is 61.5 Å². The van der Waals surface area contributed by atoms with Crippen LogP contribution in [0.25, 0.3) is 0 Å². The summed E-state index contributed by atoms with van der Waals surface area (Å²) in [6.45, 7) is 2.28. The summed E-state index contributed by atoms with van der Waals surface area (Å²) in [6.07, 6.45) is 6.14. The van der Waals surface area contributed by atoms with E-state index in [9.17, 15) is 0 Å². The van der Waals surface area contributed by atoms with Crippen LogP contribution in [-0.2, 0) is 12.8 Å². The van der Waals surface area contributed by atoms with Crippen LogP contribution >= 0.6 is 0 Å². The van der Waals surface area contributed by atoms with Gasteiger partial charge in [0.25, 0.3) is 0 Å². The van der Waals surface area contributed by atoms with Gasteiger partial charge in [-0.05, 0) is 42.4 Å². The zero-order valence-electron chi connectivity index (χ0n) is 13.0. The van der Waals surface area contributed by atoms with Gasteiger partial charge in [-0.25, -0.2) is 0 Å². The summed E-state index contributed by atoms with van der Waals surface area (Å²) in [6, 6.07) is 19.4. The molecule has 0 spiro atoms. The Bertz CT molecular complexity index is 501. The Morgan fingerprint density at radius 3 is 1.90 bits per heavy atom. The Kier molecular flexibility index (Phi) is 6.49. The highest BCUT2D eigenvalue weighted by Crippen LogP contribution is 2.16. The van der Waals surface area contributed by atoms with E-state index in [0.717, 1.165) is 6.42 Å². The molecule has 21 heavy (non-hydrogen) atoms. The van der Waals surface area contributed by atoms with Gasteiger partial charge in [-0.3, -0.25) is 0 Å². The molecule has 0 amide bonds. The SMILES string of the molecule is CC(CO)c1ccc(CCCCCc2ccccc2)cc1. The molecule has 1 nitrogen and oxygen atoms in total.